The van der Waals surface area contributed by atoms with E-state index in [-0.39, 0.29) is 22.0 Å². The summed E-state index contributed by atoms with van der Waals surface area (Å²) < 4.78 is 38.7. The van der Waals surface area contributed by atoms with Gasteiger partial charge in [-0.15, -0.1) is 0 Å². The largest absolute Gasteiger partial charge is 0.493 e. The lowest BCUT2D eigenvalue weighted by molar-refractivity contribution is 0.102. The highest BCUT2D eigenvalue weighted by Gasteiger charge is 2.17. The number of rotatable bonds is 7. The van der Waals surface area contributed by atoms with Gasteiger partial charge in [0.25, 0.3) is 5.56 Å². The molecular formula is C24H18F2N2O4S. The standard InChI is InChI=1S/C24H18F2N2O4S/c1-31-21-10-8-15(12-22(21)32-2)28-23(30)16-5-3-4-6-19(16)27-24(28)33-13-20(29)14-7-9-17(25)18(26)11-14/h3-12H,13H2,1-2H3. The number of carbonyl (C=O) groups is 1. The van der Waals surface area contributed by atoms with Gasteiger partial charge in [0.2, 0.25) is 0 Å². The maximum absolute atomic E-state index is 13.5. The van der Waals surface area contributed by atoms with Gasteiger partial charge < -0.3 is 9.47 Å². The quantitative estimate of drug-likeness (QED) is 0.223. The van der Waals surface area contributed by atoms with E-state index >= 15 is 0 Å². The third kappa shape index (κ3) is 4.45. The number of thioether (sulfide) groups is 1. The first-order valence-corrected chi connectivity index (χ1v) is 10.8. The molecule has 168 valence electrons. The molecule has 0 amide bonds. The number of hydrogen-bond donors (Lipinski definition) is 0. The lowest BCUT2D eigenvalue weighted by Crippen LogP contribution is -2.22. The average Bonchev–Trinajstić information content (AvgIpc) is 2.84. The van der Waals surface area contributed by atoms with Gasteiger partial charge in [-0.1, -0.05) is 23.9 Å². The Morgan fingerprint density at radius 1 is 0.970 bits per heavy atom. The Balaban J connectivity index is 1.78. The molecule has 6 nitrogen and oxygen atoms in total. The number of ketones is 1. The summed E-state index contributed by atoms with van der Waals surface area (Å²) in [6.45, 7) is 0. The van der Waals surface area contributed by atoms with Crippen molar-refractivity contribution in [3.05, 3.63) is 88.2 Å². The van der Waals surface area contributed by atoms with Crippen LogP contribution in [0.1, 0.15) is 10.4 Å². The highest BCUT2D eigenvalue weighted by Crippen LogP contribution is 2.30. The molecule has 0 saturated heterocycles. The molecule has 0 aliphatic rings. The molecule has 0 bridgehead atoms. The smallest absolute Gasteiger partial charge is 0.266 e. The van der Waals surface area contributed by atoms with Gasteiger partial charge in [-0.2, -0.15) is 0 Å². The number of benzene rings is 3. The van der Waals surface area contributed by atoms with Gasteiger partial charge in [-0.25, -0.2) is 13.8 Å². The van der Waals surface area contributed by atoms with Crippen LogP contribution in [0, 0.1) is 11.6 Å². The summed E-state index contributed by atoms with van der Waals surface area (Å²) in [7, 11) is 2.99. The highest BCUT2D eigenvalue weighted by molar-refractivity contribution is 7.99. The third-order valence-corrected chi connectivity index (χ3v) is 5.88. The topological polar surface area (TPSA) is 70.4 Å². The molecule has 0 saturated carbocycles. The first-order valence-electron chi connectivity index (χ1n) is 9.78. The van der Waals surface area contributed by atoms with Gasteiger partial charge in [0.15, 0.2) is 34.1 Å². The van der Waals surface area contributed by atoms with E-state index in [1.54, 1.807) is 42.5 Å². The summed E-state index contributed by atoms with van der Waals surface area (Å²) >= 11 is 1.02. The van der Waals surface area contributed by atoms with Gasteiger partial charge >= 0.3 is 0 Å². The summed E-state index contributed by atoms with van der Waals surface area (Å²) in [5.74, 6) is -1.78. The van der Waals surface area contributed by atoms with E-state index in [1.165, 1.54) is 24.9 Å². The maximum atomic E-state index is 13.5. The number of hydrogen-bond acceptors (Lipinski definition) is 6. The van der Waals surface area contributed by atoms with E-state index in [0.29, 0.717) is 28.1 Å². The van der Waals surface area contributed by atoms with Crippen LogP contribution in [0.5, 0.6) is 11.5 Å². The molecule has 3 aromatic carbocycles. The molecule has 0 N–H and O–H groups in total. The summed E-state index contributed by atoms with van der Waals surface area (Å²) in [6.07, 6.45) is 0. The number of methoxy groups -OCH3 is 2. The lowest BCUT2D eigenvalue weighted by Gasteiger charge is -2.15. The van der Waals surface area contributed by atoms with Crippen molar-refractivity contribution in [2.45, 2.75) is 5.16 Å². The number of carbonyl (C=O) groups excluding carboxylic acids is 1. The summed E-state index contributed by atoms with van der Waals surface area (Å²) in [4.78, 5) is 30.5. The molecule has 4 rings (SSSR count). The Morgan fingerprint density at radius 2 is 1.73 bits per heavy atom. The fourth-order valence-electron chi connectivity index (χ4n) is 3.28. The predicted octanol–water partition coefficient (Wildman–Crippen LogP) is 4.66. The van der Waals surface area contributed by atoms with Gasteiger partial charge in [0, 0.05) is 11.6 Å². The van der Waals surface area contributed by atoms with Crippen molar-refractivity contribution in [3.8, 4) is 17.2 Å². The van der Waals surface area contributed by atoms with Crippen LogP contribution in [-0.2, 0) is 0 Å². The minimum Gasteiger partial charge on any atom is -0.493 e. The number of fused-ring (bicyclic) bond motifs is 1. The van der Waals surface area contributed by atoms with Crippen molar-refractivity contribution in [2.75, 3.05) is 20.0 Å². The van der Waals surface area contributed by atoms with Crippen molar-refractivity contribution >= 4 is 28.4 Å². The minimum atomic E-state index is -1.10. The normalized spacial score (nSPS) is 10.9. The second-order valence-corrected chi connectivity index (χ2v) is 7.87. The molecule has 33 heavy (non-hydrogen) atoms. The van der Waals surface area contributed by atoms with E-state index in [0.717, 1.165) is 23.9 Å². The van der Waals surface area contributed by atoms with E-state index < -0.39 is 17.4 Å². The Labute approximate surface area is 191 Å². The molecule has 1 heterocycles. The summed E-state index contributed by atoms with van der Waals surface area (Å²) in [5, 5.41) is 0.672. The number of nitrogens with zero attached hydrogens (tertiary/aromatic N) is 2. The molecule has 0 radical (unpaired) electrons. The van der Waals surface area contributed by atoms with Crippen LogP contribution in [0.4, 0.5) is 8.78 Å². The maximum Gasteiger partial charge on any atom is 0.266 e. The van der Waals surface area contributed by atoms with E-state index in [2.05, 4.69) is 4.98 Å². The molecular weight excluding hydrogens is 450 g/mol. The Kier molecular flexibility index (Phi) is 6.41. The van der Waals surface area contributed by atoms with Crippen LogP contribution < -0.4 is 15.0 Å². The average molecular weight is 468 g/mol. The molecule has 1 aromatic heterocycles. The molecule has 0 spiro atoms. The molecule has 4 aromatic rings. The number of aromatic nitrogens is 2. The predicted molar refractivity (Wildman–Crippen MR) is 122 cm³/mol. The van der Waals surface area contributed by atoms with Gasteiger partial charge in [-0.05, 0) is 42.5 Å². The highest BCUT2D eigenvalue weighted by atomic mass is 32.2. The first kappa shape index (κ1) is 22.5. The van der Waals surface area contributed by atoms with Crippen molar-refractivity contribution in [2.24, 2.45) is 0 Å². The summed E-state index contributed by atoms with van der Waals surface area (Å²) in [5.41, 5.74) is 0.651. The van der Waals surface area contributed by atoms with E-state index in [4.69, 9.17) is 9.47 Å². The van der Waals surface area contributed by atoms with Crippen molar-refractivity contribution in [1.82, 2.24) is 9.55 Å². The first-order chi connectivity index (χ1) is 15.9. The summed E-state index contributed by atoms with van der Waals surface area (Å²) in [6, 6.07) is 14.8. The van der Waals surface area contributed by atoms with Gasteiger partial charge in [0.05, 0.1) is 36.6 Å². The number of para-hydroxylation sites is 1. The SMILES string of the molecule is COc1ccc(-n2c(SCC(=O)c3ccc(F)c(F)c3)nc3ccccc3c2=O)cc1OC. The molecule has 0 aliphatic heterocycles. The fraction of sp³-hybridized carbons (Fsp3) is 0.125. The molecule has 9 heteroatoms. The van der Waals surface area contributed by atoms with Crippen molar-refractivity contribution < 1.29 is 23.0 Å². The van der Waals surface area contributed by atoms with E-state index in [1.807, 2.05) is 0 Å². The van der Waals surface area contributed by atoms with Gasteiger partial charge in [-0.3, -0.25) is 14.2 Å². The number of ether oxygens (including phenoxy) is 2. The van der Waals surface area contributed by atoms with Crippen LogP contribution >= 0.6 is 11.8 Å². The molecule has 0 unspecified atom stereocenters. The van der Waals surface area contributed by atoms with Crippen LogP contribution in [0.2, 0.25) is 0 Å². The zero-order valence-electron chi connectivity index (χ0n) is 17.7. The number of halogens is 2. The molecule has 0 atom stereocenters. The minimum absolute atomic E-state index is 0.0298. The van der Waals surface area contributed by atoms with Gasteiger partial charge in [0.1, 0.15) is 0 Å². The lowest BCUT2D eigenvalue weighted by atomic mass is 10.1. The van der Waals surface area contributed by atoms with Crippen LogP contribution in [0.25, 0.3) is 16.6 Å². The Morgan fingerprint density at radius 3 is 2.45 bits per heavy atom. The van der Waals surface area contributed by atoms with Crippen LogP contribution in [0.15, 0.2) is 70.6 Å². The zero-order valence-corrected chi connectivity index (χ0v) is 18.5. The Bertz CT molecular complexity index is 1420. The second kappa shape index (κ2) is 9.41. The molecule has 0 fully saturated rings. The van der Waals surface area contributed by atoms with E-state index in [9.17, 15) is 18.4 Å². The van der Waals surface area contributed by atoms with Crippen molar-refractivity contribution in [1.29, 1.82) is 0 Å². The second-order valence-electron chi connectivity index (χ2n) is 6.93. The number of Topliss-reactive ketones (excluding diaryl/α,β-unsaturated/α-hetero) is 1. The molecule has 0 aliphatic carbocycles. The fourth-order valence-corrected chi connectivity index (χ4v) is 4.19. The third-order valence-electron chi connectivity index (χ3n) is 4.94. The van der Waals surface area contributed by atoms with Crippen LogP contribution in [0.3, 0.4) is 0 Å². The zero-order chi connectivity index (χ0) is 23.5. The van der Waals surface area contributed by atoms with Crippen LogP contribution in [-0.4, -0.2) is 35.3 Å². The van der Waals surface area contributed by atoms with Crippen molar-refractivity contribution in [3.63, 3.8) is 0 Å². The Hall–Kier alpha value is -3.72. The monoisotopic (exact) mass is 468 g/mol.